The van der Waals surface area contributed by atoms with Crippen molar-refractivity contribution < 1.29 is 17.6 Å². The molecule has 2 heterocycles. The van der Waals surface area contributed by atoms with Crippen molar-refractivity contribution in [1.29, 1.82) is 0 Å². The minimum Gasteiger partial charge on any atom is -0.403 e. The Morgan fingerprint density at radius 1 is 1.18 bits per heavy atom. The van der Waals surface area contributed by atoms with Crippen molar-refractivity contribution in [3.05, 3.63) is 29.3 Å². The highest BCUT2D eigenvalue weighted by Crippen LogP contribution is 2.28. The average molecular weight is 404 g/mol. The highest BCUT2D eigenvalue weighted by Gasteiger charge is 2.31. The summed E-state index contributed by atoms with van der Waals surface area (Å²) in [5.74, 6) is -0.360. The van der Waals surface area contributed by atoms with Crippen molar-refractivity contribution in [3.8, 4) is 11.5 Å². The number of rotatable bonds is 4. The maximum absolute atomic E-state index is 12.5. The lowest BCUT2D eigenvalue weighted by Gasteiger charge is -2.29. The number of carbonyl (C=O) groups is 1. The van der Waals surface area contributed by atoms with Gasteiger partial charge in [0.05, 0.1) is 12.2 Å². The van der Waals surface area contributed by atoms with E-state index in [2.05, 4.69) is 27.6 Å². The van der Waals surface area contributed by atoms with Gasteiger partial charge in [0.15, 0.2) is 0 Å². The summed E-state index contributed by atoms with van der Waals surface area (Å²) in [7, 11) is -3.30. The molecule has 1 aromatic carbocycles. The number of fused-ring (bicyclic) bond motifs is 1. The van der Waals surface area contributed by atoms with E-state index in [-0.39, 0.29) is 18.5 Å². The minimum atomic E-state index is -3.30. The SMILES string of the molecule is CS(=O)(=O)N1CCCC(C(=O)Nc2nnc(-c3ccc4c(c3)CCCC4)o2)C1. The number of anilines is 1. The van der Waals surface area contributed by atoms with E-state index in [1.54, 1.807) is 0 Å². The van der Waals surface area contributed by atoms with Gasteiger partial charge in [0.25, 0.3) is 0 Å². The zero-order valence-electron chi connectivity index (χ0n) is 15.8. The van der Waals surface area contributed by atoms with Crippen LogP contribution in [0.3, 0.4) is 0 Å². The Labute approximate surface area is 164 Å². The Hall–Kier alpha value is -2.26. The van der Waals surface area contributed by atoms with Gasteiger partial charge in [-0.2, -0.15) is 0 Å². The number of benzene rings is 1. The zero-order valence-corrected chi connectivity index (χ0v) is 16.7. The van der Waals surface area contributed by atoms with Gasteiger partial charge in [-0.25, -0.2) is 12.7 Å². The summed E-state index contributed by atoms with van der Waals surface area (Å²) in [6.07, 6.45) is 7.01. The molecular formula is C19H24N4O4S. The number of aryl methyl sites for hydroxylation is 2. The molecule has 1 atom stereocenters. The lowest BCUT2D eigenvalue weighted by Crippen LogP contribution is -2.43. The first kappa shape index (κ1) is 19.1. The molecule has 0 bridgehead atoms. The number of hydrogen-bond acceptors (Lipinski definition) is 6. The van der Waals surface area contributed by atoms with Crippen LogP contribution in [0.4, 0.5) is 6.01 Å². The predicted octanol–water partition coefficient (Wildman–Crippen LogP) is 2.23. The number of hydrogen-bond donors (Lipinski definition) is 1. The van der Waals surface area contributed by atoms with E-state index in [0.29, 0.717) is 25.3 Å². The third kappa shape index (κ3) is 4.10. The van der Waals surface area contributed by atoms with Gasteiger partial charge in [0, 0.05) is 18.7 Å². The summed E-state index contributed by atoms with van der Waals surface area (Å²) in [5.41, 5.74) is 3.53. The highest BCUT2D eigenvalue weighted by molar-refractivity contribution is 7.88. The maximum Gasteiger partial charge on any atom is 0.322 e. The van der Waals surface area contributed by atoms with Gasteiger partial charge < -0.3 is 4.42 Å². The van der Waals surface area contributed by atoms with Crippen LogP contribution in [-0.2, 0) is 27.7 Å². The standard InChI is InChI=1S/C19H24N4O4S/c1-28(25,26)23-10-4-7-16(12-23)17(24)20-19-22-21-18(27-19)15-9-8-13-5-2-3-6-14(13)11-15/h8-9,11,16H,2-7,10,12H2,1H3,(H,20,22,24). The molecule has 8 nitrogen and oxygen atoms in total. The van der Waals surface area contributed by atoms with Crippen molar-refractivity contribution in [1.82, 2.24) is 14.5 Å². The van der Waals surface area contributed by atoms with Gasteiger partial charge in [-0.3, -0.25) is 10.1 Å². The molecule has 4 rings (SSSR count). The molecule has 1 aromatic heterocycles. The van der Waals surface area contributed by atoms with Crippen molar-refractivity contribution >= 4 is 21.9 Å². The van der Waals surface area contributed by atoms with Gasteiger partial charge in [0.1, 0.15) is 0 Å². The molecular weight excluding hydrogens is 380 g/mol. The Balaban J connectivity index is 1.44. The van der Waals surface area contributed by atoms with E-state index >= 15 is 0 Å². The van der Waals surface area contributed by atoms with Crippen LogP contribution in [0.2, 0.25) is 0 Å². The molecule has 1 saturated heterocycles. The lowest BCUT2D eigenvalue weighted by atomic mass is 9.90. The van der Waals surface area contributed by atoms with Crippen molar-refractivity contribution in [2.75, 3.05) is 24.7 Å². The molecule has 1 fully saturated rings. The van der Waals surface area contributed by atoms with Gasteiger partial charge >= 0.3 is 6.01 Å². The second kappa shape index (κ2) is 7.63. The van der Waals surface area contributed by atoms with Crippen LogP contribution in [0.1, 0.15) is 36.8 Å². The van der Waals surface area contributed by atoms with Crippen LogP contribution < -0.4 is 5.32 Å². The minimum absolute atomic E-state index is 0.0363. The van der Waals surface area contributed by atoms with Crippen LogP contribution >= 0.6 is 0 Å². The maximum atomic E-state index is 12.5. The Bertz CT molecular complexity index is 986. The Morgan fingerprint density at radius 2 is 1.96 bits per heavy atom. The van der Waals surface area contributed by atoms with E-state index in [9.17, 15) is 13.2 Å². The van der Waals surface area contributed by atoms with Gasteiger partial charge in [-0.15, -0.1) is 5.10 Å². The highest BCUT2D eigenvalue weighted by atomic mass is 32.2. The number of sulfonamides is 1. The molecule has 2 aromatic rings. The number of piperidine rings is 1. The second-order valence-corrected chi connectivity index (χ2v) is 9.53. The van der Waals surface area contributed by atoms with Crippen LogP contribution in [0.15, 0.2) is 22.6 Å². The van der Waals surface area contributed by atoms with E-state index in [1.165, 1.54) is 28.3 Å². The molecule has 28 heavy (non-hydrogen) atoms. The molecule has 1 aliphatic heterocycles. The lowest BCUT2D eigenvalue weighted by molar-refractivity contribution is -0.121. The number of nitrogens with one attached hydrogen (secondary N) is 1. The molecule has 0 spiro atoms. The van der Waals surface area contributed by atoms with Crippen LogP contribution in [0.5, 0.6) is 0 Å². The van der Waals surface area contributed by atoms with E-state index in [1.807, 2.05) is 6.07 Å². The molecule has 0 saturated carbocycles. The quantitative estimate of drug-likeness (QED) is 0.838. The molecule has 150 valence electrons. The van der Waals surface area contributed by atoms with Crippen LogP contribution in [0, 0.1) is 5.92 Å². The third-order valence-electron chi connectivity index (χ3n) is 5.47. The Kier molecular flexibility index (Phi) is 5.20. The van der Waals surface area contributed by atoms with Crippen molar-refractivity contribution in [3.63, 3.8) is 0 Å². The Morgan fingerprint density at radius 3 is 2.75 bits per heavy atom. The van der Waals surface area contributed by atoms with E-state index in [4.69, 9.17) is 4.42 Å². The normalized spacial score (nSPS) is 20.5. The van der Waals surface area contributed by atoms with Gasteiger partial charge in [-0.05, 0) is 61.8 Å². The van der Waals surface area contributed by atoms with Crippen LogP contribution in [0.25, 0.3) is 11.5 Å². The first-order valence-corrected chi connectivity index (χ1v) is 11.5. The molecule has 1 amide bonds. The summed E-state index contributed by atoms with van der Waals surface area (Å²) in [6.45, 7) is 0.627. The van der Waals surface area contributed by atoms with E-state index < -0.39 is 15.9 Å². The molecule has 2 aliphatic rings. The fraction of sp³-hybridized carbons (Fsp3) is 0.526. The van der Waals surface area contributed by atoms with Gasteiger partial charge in [0.2, 0.25) is 21.8 Å². The fourth-order valence-electron chi connectivity index (χ4n) is 3.92. The summed E-state index contributed by atoms with van der Waals surface area (Å²) in [5, 5.41) is 10.6. The average Bonchev–Trinajstić information content (AvgIpc) is 3.15. The largest absolute Gasteiger partial charge is 0.403 e. The monoisotopic (exact) mass is 404 g/mol. The van der Waals surface area contributed by atoms with E-state index in [0.717, 1.165) is 24.7 Å². The van der Waals surface area contributed by atoms with Crippen molar-refractivity contribution in [2.24, 2.45) is 5.92 Å². The summed E-state index contributed by atoms with van der Waals surface area (Å²) in [6, 6.07) is 6.19. The third-order valence-corrected chi connectivity index (χ3v) is 6.74. The molecule has 1 N–H and O–H groups in total. The summed E-state index contributed by atoms with van der Waals surface area (Å²) < 4.78 is 30.4. The van der Waals surface area contributed by atoms with Gasteiger partial charge in [-0.1, -0.05) is 11.2 Å². The molecule has 1 aliphatic carbocycles. The topological polar surface area (TPSA) is 105 Å². The smallest absolute Gasteiger partial charge is 0.322 e. The number of aromatic nitrogens is 2. The summed E-state index contributed by atoms with van der Waals surface area (Å²) >= 11 is 0. The van der Waals surface area contributed by atoms with Crippen LogP contribution in [-0.4, -0.2) is 48.2 Å². The number of amides is 1. The number of carbonyl (C=O) groups excluding carboxylic acids is 1. The fourth-order valence-corrected chi connectivity index (χ4v) is 4.83. The second-order valence-electron chi connectivity index (χ2n) is 7.55. The number of nitrogens with zero attached hydrogens (tertiary/aromatic N) is 3. The predicted molar refractivity (Wildman–Crippen MR) is 104 cm³/mol. The zero-order chi connectivity index (χ0) is 19.7. The molecule has 1 unspecified atom stereocenters. The first-order valence-electron chi connectivity index (χ1n) is 9.62. The van der Waals surface area contributed by atoms with Crippen molar-refractivity contribution in [2.45, 2.75) is 38.5 Å². The molecule has 9 heteroatoms. The molecule has 0 radical (unpaired) electrons. The summed E-state index contributed by atoms with van der Waals surface area (Å²) in [4.78, 5) is 12.5. The first-order chi connectivity index (χ1) is 13.4.